The molecule has 0 aromatic carbocycles. The number of thioether (sulfide) groups is 1. The minimum Gasteiger partial charge on any atom is -0.478 e. The monoisotopic (exact) mass is 228 g/mol. The van der Waals surface area contributed by atoms with Gasteiger partial charge in [-0.15, -0.1) is 0 Å². The number of carbonyl (C=O) groups is 1. The van der Waals surface area contributed by atoms with Crippen LogP contribution in [0.5, 0.6) is 0 Å². The van der Waals surface area contributed by atoms with Crippen LogP contribution in [0.4, 0.5) is 0 Å². The van der Waals surface area contributed by atoms with E-state index in [-0.39, 0.29) is 17.2 Å². The Labute approximate surface area is 91.3 Å². The van der Waals surface area contributed by atoms with Gasteiger partial charge in [0.25, 0.3) is 0 Å². The summed E-state index contributed by atoms with van der Waals surface area (Å²) in [5.41, 5.74) is 0.0689. The second kappa shape index (κ2) is 4.28. The van der Waals surface area contributed by atoms with Crippen molar-refractivity contribution in [1.29, 1.82) is 0 Å². The zero-order valence-corrected chi connectivity index (χ0v) is 8.87. The predicted molar refractivity (Wildman–Crippen MR) is 56.1 cm³/mol. The van der Waals surface area contributed by atoms with Gasteiger partial charge in [0.1, 0.15) is 17.4 Å². The van der Waals surface area contributed by atoms with Crippen molar-refractivity contribution in [3.8, 4) is 0 Å². The maximum atomic E-state index is 10.8. The number of rotatable bonds is 3. The molecule has 1 aromatic heterocycles. The molecule has 2 unspecified atom stereocenters. The lowest BCUT2D eigenvalue weighted by atomic mass is 9.98. The molecule has 2 N–H and O–H groups in total. The van der Waals surface area contributed by atoms with E-state index in [0.717, 1.165) is 17.9 Å². The largest absolute Gasteiger partial charge is 0.478 e. The van der Waals surface area contributed by atoms with Crippen LogP contribution >= 0.6 is 11.8 Å². The van der Waals surface area contributed by atoms with Gasteiger partial charge in [-0.3, -0.25) is 0 Å². The lowest BCUT2D eigenvalue weighted by Gasteiger charge is -2.15. The molecular weight excluding hydrogens is 216 g/mol. The number of furan rings is 1. The quantitative estimate of drug-likeness (QED) is 0.825. The zero-order valence-electron chi connectivity index (χ0n) is 8.05. The topological polar surface area (TPSA) is 70.7 Å². The molecule has 5 heteroatoms. The highest BCUT2D eigenvalue weighted by Gasteiger charge is 2.30. The van der Waals surface area contributed by atoms with E-state index in [2.05, 4.69) is 0 Å². The Bertz CT molecular complexity index is 354. The Morgan fingerprint density at radius 3 is 3.07 bits per heavy atom. The molecule has 0 radical (unpaired) electrons. The van der Waals surface area contributed by atoms with Gasteiger partial charge in [0.15, 0.2) is 0 Å². The smallest absolute Gasteiger partial charge is 0.339 e. The Balaban J connectivity index is 2.20. The van der Waals surface area contributed by atoms with Crippen LogP contribution in [0.1, 0.15) is 28.6 Å². The van der Waals surface area contributed by atoms with Gasteiger partial charge in [-0.2, -0.15) is 11.8 Å². The van der Waals surface area contributed by atoms with Crippen LogP contribution in [0, 0.1) is 5.92 Å². The first-order valence-corrected chi connectivity index (χ1v) is 5.92. The number of carboxylic acids is 1. The maximum Gasteiger partial charge on any atom is 0.339 e. The van der Waals surface area contributed by atoms with Crippen molar-refractivity contribution >= 4 is 17.7 Å². The number of hydrogen-bond acceptors (Lipinski definition) is 4. The minimum atomic E-state index is -1.05. The van der Waals surface area contributed by atoms with Crippen LogP contribution in [-0.4, -0.2) is 27.7 Å². The molecule has 0 spiro atoms. The van der Waals surface area contributed by atoms with Crippen molar-refractivity contribution in [2.24, 2.45) is 5.92 Å². The second-order valence-corrected chi connectivity index (χ2v) is 4.72. The van der Waals surface area contributed by atoms with E-state index in [1.54, 1.807) is 11.8 Å². The van der Waals surface area contributed by atoms with Crippen molar-refractivity contribution in [2.45, 2.75) is 12.5 Å². The van der Waals surface area contributed by atoms with Gasteiger partial charge in [0.2, 0.25) is 0 Å². The molecule has 4 nitrogen and oxygen atoms in total. The molecule has 15 heavy (non-hydrogen) atoms. The van der Waals surface area contributed by atoms with Gasteiger partial charge in [0.05, 0.1) is 6.26 Å². The zero-order chi connectivity index (χ0) is 10.8. The third kappa shape index (κ3) is 2.03. The van der Waals surface area contributed by atoms with Crippen molar-refractivity contribution in [1.82, 2.24) is 0 Å². The van der Waals surface area contributed by atoms with Gasteiger partial charge in [-0.25, -0.2) is 4.79 Å². The van der Waals surface area contributed by atoms with Crippen LogP contribution in [0.25, 0.3) is 0 Å². The predicted octanol–water partition coefficient (Wildman–Crippen LogP) is 1.76. The van der Waals surface area contributed by atoms with Crippen molar-refractivity contribution in [2.75, 3.05) is 11.5 Å². The van der Waals surface area contributed by atoms with Crippen LogP contribution < -0.4 is 0 Å². The summed E-state index contributed by atoms with van der Waals surface area (Å²) >= 11 is 1.77. The van der Waals surface area contributed by atoms with E-state index in [1.165, 1.54) is 12.3 Å². The fourth-order valence-corrected chi connectivity index (χ4v) is 3.03. The lowest BCUT2D eigenvalue weighted by Crippen LogP contribution is -2.14. The first kappa shape index (κ1) is 10.6. The molecule has 2 rings (SSSR count). The van der Waals surface area contributed by atoms with Crippen molar-refractivity contribution in [3.05, 3.63) is 23.7 Å². The first-order chi connectivity index (χ1) is 7.20. The van der Waals surface area contributed by atoms with E-state index in [9.17, 15) is 9.90 Å². The van der Waals surface area contributed by atoms with E-state index in [0.29, 0.717) is 0 Å². The standard InChI is InChI=1S/C10H12O4S/c11-8(6-2-4-15-5-6)9-7(10(12)13)1-3-14-9/h1,3,6,8,11H,2,4-5H2,(H,12,13). The maximum absolute atomic E-state index is 10.8. The third-order valence-corrected chi connectivity index (χ3v) is 3.79. The highest BCUT2D eigenvalue weighted by atomic mass is 32.2. The van der Waals surface area contributed by atoms with Crippen LogP contribution in [-0.2, 0) is 0 Å². The summed E-state index contributed by atoms with van der Waals surface area (Å²) in [4.78, 5) is 10.8. The van der Waals surface area contributed by atoms with E-state index in [1.807, 2.05) is 0 Å². The molecule has 0 amide bonds. The number of carboxylic acid groups (broad SMARTS) is 1. The van der Waals surface area contributed by atoms with Crippen LogP contribution in [0.3, 0.4) is 0 Å². The summed E-state index contributed by atoms with van der Waals surface area (Å²) in [6, 6.07) is 1.38. The van der Waals surface area contributed by atoms with Gasteiger partial charge >= 0.3 is 5.97 Å². The summed E-state index contributed by atoms with van der Waals surface area (Å²) in [6.45, 7) is 0. The normalized spacial score (nSPS) is 22.9. The molecule has 1 aliphatic heterocycles. The van der Waals surface area contributed by atoms with E-state index < -0.39 is 12.1 Å². The molecule has 1 saturated heterocycles. The molecule has 82 valence electrons. The summed E-state index contributed by atoms with van der Waals surface area (Å²) in [5.74, 6) is 1.13. The molecular formula is C10H12O4S. The summed E-state index contributed by atoms with van der Waals surface area (Å²) in [5, 5.41) is 18.8. The van der Waals surface area contributed by atoms with Crippen molar-refractivity contribution in [3.63, 3.8) is 0 Å². The number of aliphatic hydroxyl groups is 1. The van der Waals surface area contributed by atoms with Gasteiger partial charge in [-0.1, -0.05) is 0 Å². The van der Waals surface area contributed by atoms with Crippen LogP contribution in [0.2, 0.25) is 0 Å². The fourth-order valence-electron chi connectivity index (χ4n) is 1.74. The lowest BCUT2D eigenvalue weighted by molar-refractivity contribution is 0.0662. The SMILES string of the molecule is O=C(O)c1ccoc1C(O)C1CCSC1. The van der Waals surface area contributed by atoms with Crippen molar-refractivity contribution < 1.29 is 19.4 Å². The second-order valence-electron chi connectivity index (χ2n) is 3.57. The van der Waals surface area contributed by atoms with Gasteiger partial charge in [-0.05, 0) is 24.0 Å². The average Bonchev–Trinajstić information content (AvgIpc) is 2.88. The number of aliphatic hydroxyl groups excluding tert-OH is 1. The summed E-state index contributed by atoms with van der Waals surface area (Å²) < 4.78 is 5.06. The van der Waals surface area contributed by atoms with Gasteiger partial charge < -0.3 is 14.6 Å². The molecule has 1 aliphatic rings. The minimum absolute atomic E-state index is 0.0689. The van der Waals surface area contributed by atoms with Crippen LogP contribution in [0.15, 0.2) is 16.7 Å². The van der Waals surface area contributed by atoms with E-state index >= 15 is 0 Å². The molecule has 1 aromatic rings. The summed E-state index contributed by atoms with van der Waals surface area (Å²) in [6.07, 6.45) is 1.43. The molecule has 2 atom stereocenters. The molecule has 0 aliphatic carbocycles. The Morgan fingerprint density at radius 1 is 1.67 bits per heavy atom. The first-order valence-electron chi connectivity index (χ1n) is 4.76. The fraction of sp³-hybridized carbons (Fsp3) is 0.500. The highest BCUT2D eigenvalue weighted by molar-refractivity contribution is 7.99. The molecule has 0 bridgehead atoms. The third-order valence-electron chi connectivity index (χ3n) is 2.61. The molecule has 2 heterocycles. The molecule has 0 saturated carbocycles. The number of hydrogen-bond donors (Lipinski definition) is 2. The van der Waals surface area contributed by atoms with Gasteiger partial charge in [0, 0.05) is 5.92 Å². The molecule has 1 fully saturated rings. The Kier molecular flexibility index (Phi) is 3.02. The average molecular weight is 228 g/mol. The Morgan fingerprint density at radius 2 is 2.47 bits per heavy atom. The number of aromatic carboxylic acids is 1. The van der Waals surface area contributed by atoms with E-state index in [4.69, 9.17) is 9.52 Å². The summed E-state index contributed by atoms with van der Waals surface area (Å²) in [7, 11) is 0. The Hall–Kier alpha value is -0.940. The highest BCUT2D eigenvalue weighted by Crippen LogP contribution is 2.35.